The third kappa shape index (κ3) is 5.64. The number of hydrogen-bond acceptors (Lipinski definition) is 4. The molecule has 2 rings (SSSR count). The number of anilines is 1. The minimum absolute atomic E-state index is 0.0762. The summed E-state index contributed by atoms with van der Waals surface area (Å²) in [4.78, 5) is 25.8. The summed E-state index contributed by atoms with van der Waals surface area (Å²) in [7, 11) is 0. The van der Waals surface area contributed by atoms with Crippen LogP contribution in [0.2, 0.25) is 10.0 Å². The Labute approximate surface area is 162 Å². The zero-order chi connectivity index (χ0) is 19.1. The van der Waals surface area contributed by atoms with Gasteiger partial charge in [-0.3, -0.25) is 4.79 Å². The van der Waals surface area contributed by atoms with Crippen molar-refractivity contribution < 1.29 is 19.1 Å². The summed E-state index contributed by atoms with van der Waals surface area (Å²) in [5.41, 5.74) is 0.743. The lowest BCUT2D eigenvalue weighted by Crippen LogP contribution is -2.40. The van der Waals surface area contributed by atoms with Crippen molar-refractivity contribution in [2.24, 2.45) is 0 Å². The minimum Gasteiger partial charge on any atom is -0.480 e. The quantitative estimate of drug-likeness (QED) is 0.653. The largest absolute Gasteiger partial charge is 0.480 e. The van der Waals surface area contributed by atoms with E-state index in [2.05, 4.69) is 0 Å². The molecule has 0 unspecified atom stereocenters. The molecule has 0 aromatic heterocycles. The van der Waals surface area contributed by atoms with E-state index in [-0.39, 0.29) is 30.2 Å². The number of para-hydroxylation sites is 1. The van der Waals surface area contributed by atoms with E-state index >= 15 is 0 Å². The molecule has 0 spiro atoms. The van der Waals surface area contributed by atoms with Gasteiger partial charge in [-0.05, 0) is 44.2 Å². The van der Waals surface area contributed by atoms with E-state index < -0.39 is 5.97 Å². The van der Waals surface area contributed by atoms with Crippen LogP contribution in [-0.2, 0) is 14.3 Å². The number of amides is 1. The third-order valence-corrected chi connectivity index (χ3v) is 3.95. The van der Waals surface area contributed by atoms with E-state index in [1.807, 2.05) is 44.2 Å². The summed E-state index contributed by atoms with van der Waals surface area (Å²) in [5, 5.41) is 0.752. The number of carbonyl (C=O) groups excluding carboxylic acids is 2. The SMILES string of the molecule is CC(C)N(C(=O)COC(=O)COc1ccc(Cl)cc1Cl)c1ccccc1. The van der Waals surface area contributed by atoms with E-state index in [1.54, 1.807) is 17.0 Å². The number of ether oxygens (including phenoxy) is 2. The molecule has 0 N–H and O–H groups in total. The fourth-order valence-corrected chi connectivity index (χ4v) is 2.76. The molecule has 0 saturated carbocycles. The molecular formula is C19H19Cl2NO4. The Kier molecular flexibility index (Phi) is 7.30. The van der Waals surface area contributed by atoms with E-state index in [0.717, 1.165) is 5.69 Å². The fourth-order valence-electron chi connectivity index (χ4n) is 2.30. The van der Waals surface area contributed by atoms with Gasteiger partial charge in [-0.15, -0.1) is 0 Å². The Balaban J connectivity index is 1.88. The average molecular weight is 396 g/mol. The van der Waals surface area contributed by atoms with Crippen LogP contribution in [0.3, 0.4) is 0 Å². The highest BCUT2D eigenvalue weighted by atomic mass is 35.5. The topological polar surface area (TPSA) is 55.8 Å². The number of nitrogens with zero attached hydrogens (tertiary/aromatic N) is 1. The van der Waals surface area contributed by atoms with Crippen LogP contribution in [0.4, 0.5) is 5.69 Å². The Morgan fingerprint density at radius 1 is 1.04 bits per heavy atom. The van der Waals surface area contributed by atoms with Crippen LogP contribution in [0.5, 0.6) is 5.75 Å². The van der Waals surface area contributed by atoms with Gasteiger partial charge in [0.1, 0.15) is 5.75 Å². The van der Waals surface area contributed by atoms with Crippen LogP contribution in [0, 0.1) is 0 Å². The molecule has 7 heteroatoms. The van der Waals surface area contributed by atoms with Gasteiger partial charge >= 0.3 is 5.97 Å². The predicted octanol–water partition coefficient (Wildman–Crippen LogP) is 4.36. The summed E-state index contributed by atoms with van der Waals surface area (Å²) < 4.78 is 10.3. The van der Waals surface area contributed by atoms with Gasteiger partial charge in [0.15, 0.2) is 13.2 Å². The van der Waals surface area contributed by atoms with Gasteiger partial charge in [0.25, 0.3) is 5.91 Å². The van der Waals surface area contributed by atoms with Crippen LogP contribution in [0.1, 0.15) is 13.8 Å². The Morgan fingerprint density at radius 3 is 2.35 bits per heavy atom. The zero-order valence-corrected chi connectivity index (χ0v) is 16.0. The first-order valence-electron chi connectivity index (χ1n) is 7.99. The maximum Gasteiger partial charge on any atom is 0.344 e. The lowest BCUT2D eigenvalue weighted by molar-refractivity contribution is -0.149. The van der Waals surface area contributed by atoms with Crippen molar-refractivity contribution in [2.75, 3.05) is 18.1 Å². The predicted molar refractivity (Wildman–Crippen MR) is 102 cm³/mol. The Bertz CT molecular complexity index is 765. The van der Waals surface area contributed by atoms with Gasteiger partial charge in [0.2, 0.25) is 0 Å². The molecule has 0 heterocycles. The first-order valence-corrected chi connectivity index (χ1v) is 8.74. The highest BCUT2D eigenvalue weighted by Gasteiger charge is 2.20. The number of hydrogen-bond donors (Lipinski definition) is 0. The summed E-state index contributed by atoms with van der Waals surface area (Å²) in [6.45, 7) is 3.04. The van der Waals surface area contributed by atoms with Crippen LogP contribution in [0.15, 0.2) is 48.5 Å². The molecule has 0 aliphatic rings. The normalized spacial score (nSPS) is 10.5. The van der Waals surface area contributed by atoms with Gasteiger partial charge in [-0.2, -0.15) is 0 Å². The van der Waals surface area contributed by atoms with Crippen molar-refractivity contribution >= 4 is 40.8 Å². The van der Waals surface area contributed by atoms with Crippen LogP contribution in [-0.4, -0.2) is 31.1 Å². The average Bonchev–Trinajstić information content (AvgIpc) is 2.60. The first-order chi connectivity index (χ1) is 12.4. The smallest absolute Gasteiger partial charge is 0.344 e. The molecule has 26 heavy (non-hydrogen) atoms. The van der Waals surface area contributed by atoms with Crippen molar-refractivity contribution in [2.45, 2.75) is 19.9 Å². The second-order valence-electron chi connectivity index (χ2n) is 5.72. The molecule has 2 aromatic carbocycles. The van der Waals surface area contributed by atoms with Gasteiger partial charge < -0.3 is 14.4 Å². The highest BCUT2D eigenvalue weighted by molar-refractivity contribution is 6.35. The first kappa shape index (κ1) is 20.1. The maximum absolute atomic E-state index is 12.4. The summed E-state index contributed by atoms with van der Waals surface area (Å²) in [5.74, 6) is -0.669. The molecule has 0 bridgehead atoms. The highest BCUT2D eigenvalue weighted by Crippen LogP contribution is 2.27. The Morgan fingerprint density at radius 2 is 1.73 bits per heavy atom. The van der Waals surface area contributed by atoms with E-state index in [4.69, 9.17) is 32.7 Å². The number of rotatable bonds is 7. The van der Waals surface area contributed by atoms with Crippen LogP contribution < -0.4 is 9.64 Å². The standard InChI is InChI=1S/C19H19Cl2NO4/c1-13(2)22(15-6-4-3-5-7-15)18(23)11-26-19(24)12-25-17-9-8-14(20)10-16(17)21/h3-10,13H,11-12H2,1-2H3. The van der Waals surface area contributed by atoms with Crippen LogP contribution in [0.25, 0.3) is 0 Å². The van der Waals surface area contributed by atoms with Crippen molar-refractivity contribution in [1.82, 2.24) is 0 Å². The molecule has 0 saturated heterocycles. The summed E-state index contributed by atoms with van der Waals surface area (Å²) in [6, 6.07) is 13.8. The lowest BCUT2D eigenvalue weighted by Gasteiger charge is -2.26. The van der Waals surface area contributed by atoms with Gasteiger partial charge in [-0.25, -0.2) is 4.79 Å². The molecule has 1 amide bonds. The van der Waals surface area contributed by atoms with Crippen molar-refractivity contribution in [3.05, 3.63) is 58.6 Å². The van der Waals surface area contributed by atoms with Gasteiger partial charge in [0.05, 0.1) is 5.02 Å². The van der Waals surface area contributed by atoms with E-state index in [0.29, 0.717) is 10.8 Å². The lowest BCUT2D eigenvalue weighted by atomic mass is 10.2. The number of carbonyl (C=O) groups is 2. The molecule has 0 aliphatic heterocycles. The fraction of sp³-hybridized carbons (Fsp3) is 0.263. The van der Waals surface area contributed by atoms with E-state index in [9.17, 15) is 9.59 Å². The maximum atomic E-state index is 12.4. The number of benzene rings is 2. The molecule has 138 valence electrons. The Hall–Kier alpha value is -2.24. The minimum atomic E-state index is -0.666. The molecular weight excluding hydrogens is 377 g/mol. The van der Waals surface area contributed by atoms with E-state index in [1.165, 1.54) is 6.07 Å². The molecule has 0 atom stereocenters. The monoisotopic (exact) mass is 395 g/mol. The van der Waals surface area contributed by atoms with Crippen molar-refractivity contribution in [3.63, 3.8) is 0 Å². The molecule has 2 aromatic rings. The molecule has 5 nitrogen and oxygen atoms in total. The molecule has 0 aliphatic carbocycles. The summed E-state index contributed by atoms with van der Waals surface area (Å²) >= 11 is 11.8. The van der Waals surface area contributed by atoms with Crippen molar-refractivity contribution in [1.29, 1.82) is 0 Å². The number of halogens is 2. The second-order valence-corrected chi connectivity index (χ2v) is 6.56. The van der Waals surface area contributed by atoms with Gasteiger partial charge in [0, 0.05) is 16.8 Å². The molecule has 0 radical (unpaired) electrons. The second kappa shape index (κ2) is 9.46. The summed E-state index contributed by atoms with van der Waals surface area (Å²) in [6.07, 6.45) is 0. The number of esters is 1. The third-order valence-electron chi connectivity index (χ3n) is 3.42. The van der Waals surface area contributed by atoms with Crippen LogP contribution >= 0.6 is 23.2 Å². The van der Waals surface area contributed by atoms with Gasteiger partial charge in [-0.1, -0.05) is 41.4 Å². The zero-order valence-electron chi connectivity index (χ0n) is 14.4. The van der Waals surface area contributed by atoms with Crippen molar-refractivity contribution in [3.8, 4) is 5.75 Å². The molecule has 0 fully saturated rings.